The molecule has 0 radical (unpaired) electrons. The van der Waals surface area contributed by atoms with Crippen LogP contribution in [0.1, 0.15) is 61.0 Å². The number of rotatable bonds is 8. The fraction of sp³-hybridized carbons (Fsp3) is 0.355. The molecule has 1 unspecified atom stereocenters. The van der Waals surface area contributed by atoms with Crippen LogP contribution in [0.2, 0.25) is 0 Å². The average molecular weight is 482 g/mol. The van der Waals surface area contributed by atoms with Crippen LogP contribution in [0, 0.1) is 13.8 Å². The zero-order valence-electron chi connectivity index (χ0n) is 21.7. The molecule has 1 aliphatic rings. The van der Waals surface area contributed by atoms with Gasteiger partial charge in [-0.2, -0.15) is 0 Å². The molecular formula is C31H35N3O2. The number of nitrogens with zero attached hydrogens (tertiary/aromatic N) is 3. The number of imidazole rings is 1. The summed E-state index contributed by atoms with van der Waals surface area (Å²) in [7, 11) is 0. The quantitative estimate of drug-likeness (QED) is 0.261. The molecule has 1 amide bonds. The number of carbonyl (C=O) groups excluding carboxylic acids is 1. The molecule has 3 aromatic carbocycles. The molecule has 36 heavy (non-hydrogen) atoms. The van der Waals surface area contributed by atoms with Crippen molar-refractivity contribution in [1.29, 1.82) is 0 Å². The number of aryl methyl sites for hydroxylation is 3. The normalized spacial score (nSPS) is 15.9. The number of para-hydroxylation sites is 2. The number of fused-ring (bicyclic) bond motifs is 1. The highest BCUT2D eigenvalue weighted by atomic mass is 16.5. The van der Waals surface area contributed by atoms with E-state index in [2.05, 4.69) is 80.8 Å². The van der Waals surface area contributed by atoms with Crippen molar-refractivity contribution in [2.24, 2.45) is 0 Å². The molecule has 1 aliphatic heterocycles. The number of hydrogen-bond acceptors (Lipinski definition) is 3. The van der Waals surface area contributed by atoms with Gasteiger partial charge in [0.25, 0.3) is 0 Å². The van der Waals surface area contributed by atoms with Crippen LogP contribution in [0.15, 0.2) is 66.7 Å². The minimum Gasteiger partial charge on any atom is -0.493 e. The topological polar surface area (TPSA) is 47.4 Å². The van der Waals surface area contributed by atoms with Crippen LogP contribution in [0.3, 0.4) is 0 Å². The summed E-state index contributed by atoms with van der Waals surface area (Å²) in [5, 5.41) is 0. The Hall–Kier alpha value is -3.60. The summed E-state index contributed by atoms with van der Waals surface area (Å²) >= 11 is 0. The summed E-state index contributed by atoms with van der Waals surface area (Å²) in [6, 6.07) is 22.9. The number of carbonyl (C=O) groups is 1. The summed E-state index contributed by atoms with van der Waals surface area (Å²) in [5.74, 6) is 2.62. The second-order valence-electron chi connectivity index (χ2n) is 10.3. The zero-order valence-corrected chi connectivity index (χ0v) is 21.7. The van der Waals surface area contributed by atoms with E-state index in [0.717, 1.165) is 46.8 Å². The van der Waals surface area contributed by atoms with E-state index in [1.54, 1.807) is 0 Å². The van der Waals surface area contributed by atoms with E-state index in [0.29, 0.717) is 25.5 Å². The smallest absolute Gasteiger partial charge is 0.227 e. The van der Waals surface area contributed by atoms with Gasteiger partial charge < -0.3 is 14.2 Å². The molecule has 0 aliphatic carbocycles. The third-order valence-corrected chi connectivity index (χ3v) is 7.06. The molecule has 4 aromatic rings. The molecule has 5 rings (SSSR count). The molecule has 5 heteroatoms. The van der Waals surface area contributed by atoms with Gasteiger partial charge in [-0.3, -0.25) is 4.79 Å². The van der Waals surface area contributed by atoms with Crippen molar-refractivity contribution in [3.63, 3.8) is 0 Å². The van der Waals surface area contributed by atoms with Crippen LogP contribution >= 0.6 is 0 Å². The van der Waals surface area contributed by atoms with Crippen LogP contribution in [0.5, 0.6) is 5.75 Å². The van der Waals surface area contributed by atoms with Crippen molar-refractivity contribution in [3.05, 3.63) is 89.2 Å². The molecular weight excluding hydrogens is 446 g/mol. The number of amides is 1. The SMILES string of the molecule is Cc1cccc(N2CC(c3nc4ccccc4n3CCCOc3cc(C)ccc3C(C)C)CC2=O)c1. The van der Waals surface area contributed by atoms with Gasteiger partial charge in [0.15, 0.2) is 0 Å². The first-order valence-electron chi connectivity index (χ1n) is 13.0. The first-order valence-corrected chi connectivity index (χ1v) is 13.0. The highest BCUT2D eigenvalue weighted by Gasteiger charge is 2.34. The summed E-state index contributed by atoms with van der Waals surface area (Å²) in [6.07, 6.45) is 1.34. The molecule has 0 spiro atoms. The average Bonchev–Trinajstić information content (AvgIpc) is 3.42. The van der Waals surface area contributed by atoms with Gasteiger partial charge in [-0.25, -0.2) is 4.98 Å². The molecule has 0 N–H and O–H groups in total. The Morgan fingerprint density at radius 1 is 1.00 bits per heavy atom. The highest BCUT2D eigenvalue weighted by Crippen LogP contribution is 2.34. The second kappa shape index (κ2) is 10.2. The molecule has 5 nitrogen and oxygen atoms in total. The van der Waals surface area contributed by atoms with E-state index < -0.39 is 0 Å². The third-order valence-electron chi connectivity index (χ3n) is 7.06. The van der Waals surface area contributed by atoms with Crippen molar-refractivity contribution in [2.75, 3.05) is 18.1 Å². The van der Waals surface area contributed by atoms with Crippen LogP contribution in [-0.2, 0) is 11.3 Å². The van der Waals surface area contributed by atoms with Crippen molar-refractivity contribution < 1.29 is 9.53 Å². The van der Waals surface area contributed by atoms with Gasteiger partial charge in [-0.05, 0) is 73.2 Å². The van der Waals surface area contributed by atoms with Gasteiger partial charge >= 0.3 is 0 Å². The predicted molar refractivity (Wildman–Crippen MR) is 146 cm³/mol. The van der Waals surface area contributed by atoms with Gasteiger partial charge in [-0.1, -0.05) is 50.2 Å². The lowest BCUT2D eigenvalue weighted by molar-refractivity contribution is -0.117. The van der Waals surface area contributed by atoms with Crippen molar-refractivity contribution >= 4 is 22.6 Å². The zero-order chi connectivity index (χ0) is 25.2. The lowest BCUT2D eigenvalue weighted by Crippen LogP contribution is -2.24. The Morgan fingerprint density at radius 3 is 2.61 bits per heavy atom. The van der Waals surface area contributed by atoms with Gasteiger partial charge in [-0.15, -0.1) is 0 Å². The lowest BCUT2D eigenvalue weighted by Gasteiger charge is -2.18. The molecule has 1 aromatic heterocycles. The van der Waals surface area contributed by atoms with Crippen LogP contribution in [0.4, 0.5) is 5.69 Å². The number of hydrogen-bond donors (Lipinski definition) is 0. The molecule has 1 fully saturated rings. The van der Waals surface area contributed by atoms with Crippen LogP contribution in [0.25, 0.3) is 11.0 Å². The molecule has 186 valence electrons. The monoisotopic (exact) mass is 481 g/mol. The van der Waals surface area contributed by atoms with Gasteiger partial charge in [0.05, 0.1) is 17.6 Å². The lowest BCUT2D eigenvalue weighted by atomic mass is 10.0. The first-order chi connectivity index (χ1) is 17.4. The largest absolute Gasteiger partial charge is 0.493 e. The molecule has 1 atom stereocenters. The van der Waals surface area contributed by atoms with E-state index in [1.807, 2.05) is 23.1 Å². The van der Waals surface area contributed by atoms with Crippen molar-refractivity contribution in [1.82, 2.24) is 9.55 Å². The van der Waals surface area contributed by atoms with Crippen molar-refractivity contribution in [3.8, 4) is 5.75 Å². The Morgan fingerprint density at radius 2 is 1.81 bits per heavy atom. The second-order valence-corrected chi connectivity index (χ2v) is 10.3. The maximum atomic E-state index is 13.0. The van der Waals surface area contributed by atoms with Gasteiger partial charge in [0, 0.05) is 31.1 Å². The predicted octanol–water partition coefficient (Wildman–Crippen LogP) is 6.77. The van der Waals surface area contributed by atoms with E-state index in [4.69, 9.17) is 9.72 Å². The van der Waals surface area contributed by atoms with Gasteiger partial charge in [0.1, 0.15) is 11.6 Å². The Labute approximate surface area is 213 Å². The molecule has 2 heterocycles. The number of aromatic nitrogens is 2. The fourth-order valence-corrected chi connectivity index (χ4v) is 5.22. The number of ether oxygens (including phenoxy) is 1. The molecule has 0 saturated carbocycles. The summed E-state index contributed by atoms with van der Waals surface area (Å²) in [5.41, 5.74) is 6.68. The maximum Gasteiger partial charge on any atom is 0.227 e. The molecule has 0 bridgehead atoms. The van der Waals surface area contributed by atoms with E-state index in [1.165, 1.54) is 11.1 Å². The summed E-state index contributed by atoms with van der Waals surface area (Å²) < 4.78 is 8.56. The Bertz CT molecular complexity index is 1390. The Balaban J connectivity index is 1.34. The van der Waals surface area contributed by atoms with Gasteiger partial charge in [0.2, 0.25) is 5.91 Å². The number of anilines is 1. The van der Waals surface area contributed by atoms with E-state index >= 15 is 0 Å². The minimum absolute atomic E-state index is 0.0654. The molecule has 1 saturated heterocycles. The summed E-state index contributed by atoms with van der Waals surface area (Å²) in [4.78, 5) is 19.9. The van der Waals surface area contributed by atoms with Crippen molar-refractivity contribution in [2.45, 2.75) is 58.9 Å². The summed E-state index contributed by atoms with van der Waals surface area (Å²) in [6.45, 7) is 10.6. The van der Waals surface area contributed by atoms with E-state index in [-0.39, 0.29) is 11.8 Å². The maximum absolute atomic E-state index is 13.0. The third kappa shape index (κ3) is 4.88. The highest BCUT2D eigenvalue weighted by molar-refractivity contribution is 5.96. The van der Waals surface area contributed by atoms with Crippen LogP contribution < -0.4 is 9.64 Å². The van der Waals surface area contributed by atoms with E-state index in [9.17, 15) is 4.79 Å². The Kier molecular flexibility index (Phi) is 6.82. The first kappa shape index (κ1) is 24.1. The number of benzene rings is 3. The standard InChI is InChI=1S/C31H35N3O2/c1-21(2)26-14-13-23(4)18-29(26)36-16-8-15-33-28-12-6-5-11-27(28)32-31(33)24-19-30(35)34(20-24)25-10-7-9-22(3)17-25/h5-7,9-14,17-18,21,24H,8,15-16,19-20H2,1-4H3. The van der Waals surface area contributed by atoms with Crippen LogP contribution in [-0.4, -0.2) is 28.6 Å². The fourth-order valence-electron chi connectivity index (χ4n) is 5.22. The minimum atomic E-state index is 0.0654.